The lowest BCUT2D eigenvalue weighted by Crippen LogP contribution is -2.23. The van der Waals surface area contributed by atoms with Gasteiger partial charge in [-0.3, -0.25) is 9.59 Å². The zero-order chi connectivity index (χ0) is 16.9. The second-order valence-corrected chi connectivity index (χ2v) is 6.34. The number of hydrogen-bond acceptors (Lipinski definition) is 2. The van der Waals surface area contributed by atoms with Crippen LogP contribution in [0.1, 0.15) is 24.0 Å². The summed E-state index contributed by atoms with van der Waals surface area (Å²) in [5.41, 5.74) is 2.55. The molecule has 0 atom stereocenters. The molecule has 1 fully saturated rings. The minimum absolute atomic E-state index is 0.113. The highest BCUT2D eigenvalue weighted by Crippen LogP contribution is 2.19. The van der Waals surface area contributed by atoms with Crippen LogP contribution in [0.25, 0.3) is 0 Å². The minimum atomic E-state index is -0.113. The maximum Gasteiger partial charge on any atom is 0.228 e. The van der Waals surface area contributed by atoms with Gasteiger partial charge in [0.1, 0.15) is 0 Å². The predicted molar refractivity (Wildman–Crippen MR) is 94.9 cm³/mol. The molecule has 2 aromatic rings. The molecule has 0 spiro atoms. The molecule has 3 rings (SSSR count). The van der Waals surface area contributed by atoms with E-state index in [1.807, 2.05) is 47.4 Å². The molecule has 1 saturated heterocycles. The van der Waals surface area contributed by atoms with E-state index in [0.717, 1.165) is 29.8 Å². The van der Waals surface area contributed by atoms with E-state index in [2.05, 4.69) is 5.32 Å². The first-order chi connectivity index (χ1) is 11.6. The van der Waals surface area contributed by atoms with Gasteiger partial charge in [0.05, 0.1) is 6.42 Å². The van der Waals surface area contributed by atoms with E-state index >= 15 is 0 Å². The number of carbonyl (C=O) groups excluding carboxylic acids is 2. The zero-order valence-electron chi connectivity index (χ0n) is 13.3. The third-order valence-electron chi connectivity index (χ3n) is 4.06. The normalized spacial score (nSPS) is 14.0. The quantitative estimate of drug-likeness (QED) is 0.901. The van der Waals surface area contributed by atoms with E-state index < -0.39 is 0 Å². The third kappa shape index (κ3) is 4.15. The van der Waals surface area contributed by atoms with Gasteiger partial charge in [0.15, 0.2) is 0 Å². The van der Waals surface area contributed by atoms with E-state index in [1.54, 1.807) is 6.07 Å². The van der Waals surface area contributed by atoms with Crippen LogP contribution in [0.2, 0.25) is 5.02 Å². The van der Waals surface area contributed by atoms with Gasteiger partial charge in [-0.2, -0.15) is 0 Å². The van der Waals surface area contributed by atoms with E-state index in [9.17, 15) is 9.59 Å². The lowest BCUT2D eigenvalue weighted by molar-refractivity contribution is -0.128. The molecule has 4 nitrogen and oxygen atoms in total. The van der Waals surface area contributed by atoms with Crippen molar-refractivity contribution in [1.82, 2.24) is 4.90 Å². The van der Waals surface area contributed by atoms with Gasteiger partial charge < -0.3 is 10.2 Å². The van der Waals surface area contributed by atoms with Gasteiger partial charge in [-0.15, -0.1) is 0 Å². The maximum absolute atomic E-state index is 12.2. The molecule has 24 heavy (non-hydrogen) atoms. The number of likely N-dealkylation sites (tertiary alicyclic amines) is 1. The predicted octanol–water partition coefficient (Wildman–Crippen LogP) is 3.64. The molecule has 1 N–H and O–H groups in total. The Labute approximate surface area is 146 Å². The topological polar surface area (TPSA) is 49.4 Å². The SMILES string of the molecule is O=C(Cc1ccccc1Cl)Nc1cccc(CN2CCCC2=O)c1. The summed E-state index contributed by atoms with van der Waals surface area (Å²) in [7, 11) is 0. The van der Waals surface area contributed by atoms with Crippen LogP contribution in [-0.4, -0.2) is 23.3 Å². The first kappa shape index (κ1) is 16.5. The molecule has 0 radical (unpaired) electrons. The molecular formula is C19H19ClN2O2. The fourth-order valence-corrected chi connectivity index (χ4v) is 3.06. The largest absolute Gasteiger partial charge is 0.338 e. The fourth-order valence-electron chi connectivity index (χ4n) is 2.86. The van der Waals surface area contributed by atoms with Crippen molar-refractivity contribution in [3.63, 3.8) is 0 Å². The van der Waals surface area contributed by atoms with E-state index in [0.29, 0.717) is 18.0 Å². The average Bonchev–Trinajstić information content (AvgIpc) is 2.95. The Kier molecular flexibility index (Phi) is 5.16. The number of hydrogen-bond donors (Lipinski definition) is 1. The number of carbonyl (C=O) groups is 2. The molecule has 0 aliphatic carbocycles. The molecule has 1 aliphatic rings. The van der Waals surface area contributed by atoms with Gasteiger partial charge in [0.2, 0.25) is 11.8 Å². The highest BCUT2D eigenvalue weighted by atomic mass is 35.5. The van der Waals surface area contributed by atoms with Gasteiger partial charge in [0.25, 0.3) is 0 Å². The van der Waals surface area contributed by atoms with Crippen LogP contribution in [0, 0.1) is 0 Å². The van der Waals surface area contributed by atoms with Crippen LogP contribution in [0.15, 0.2) is 48.5 Å². The molecular weight excluding hydrogens is 324 g/mol. The van der Waals surface area contributed by atoms with Gasteiger partial charge in [-0.25, -0.2) is 0 Å². The Morgan fingerprint density at radius 2 is 2.00 bits per heavy atom. The number of rotatable bonds is 5. The molecule has 5 heteroatoms. The van der Waals surface area contributed by atoms with Crippen molar-refractivity contribution in [2.75, 3.05) is 11.9 Å². The molecule has 2 amide bonds. The summed E-state index contributed by atoms with van der Waals surface area (Å²) in [5, 5.41) is 3.48. The Hall–Kier alpha value is -2.33. The lowest BCUT2D eigenvalue weighted by Gasteiger charge is -2.16. The number of benzene rings is 2. The van der Waals surface area contributed by atoms with Crippen molar-refractivity contribution in [3.8, 4) is 0 Å². The van der Waals surface area contributed by atoms with E-state index in [4.69, 9.17) is 11.6 Å². The summed E-state index contributed by atoms with van der Waals surface area (Å²) in [6.07, 6.45) is 1.79. The number of halogens is 1. The summed E-state index contributed by atoms with van der Waals surface area (Å²) in [6.45, 7) is 1.40. The van der Waals surface area contributed by atoms with Crippen molar-refractivity contribution in [2.24, 2.45) is 0 Å². The van der Waals surface area contributed by atoms with Crippen LogP contribution in [0.5, 0.6) is 0 Å². The van der Waals surface area contributed by atoms with Crippen molar-refractivity contribution in [1.29, 1.82) is 0 Å². The molecule has 0 bridgehead atoms. The number of nitrogens with zero attached hydrogens (tertiary/aromatic N) is 1. The van der Waals surface area contributed by atoms with Crippen molar-refractivity contribution in [2.45, 2.75) is 25.8 Å². The molecule has 0 unspecified atom stereocenters. The van der Waals surface area contributed by atoms with Crippen molar-refractivity contribution in [3.05, 3.63) is 64.7 Å². The van der Waals surface area contributed by atoms with Crippen LogP contribution in [0.4, 0.5) is 5.69 Å². The highest BCUT2D eigenvalue weighted by Gasteiger charge is 2.20. The van der Waals surface area contributed by atoms with Crippen molar-refractivity contribution >= 4 is 29.1 Å². The Bertz CT molecular complexity index is 761. The fraction of sp³-hybridized carbons (Fsp3) is 0.263. The van der Waals surface area contributed by atoms with E-state index in [1.165, 1.54) is 0 Å². The smallest absolute Gasteiger partial charge is 0.228 e. The minimum Gasteiger partial charge on any atom is -0.338 e. The maximum atomic E-state index is 12.2. The summed E-state index contributed by atoms with van der Waals surface area (Å²) < 4.78 is 0. The second-order valence-electron chi connectivity index (χ2n) is 5.94. The van der Waals surface area contributed by atoms with Crippen LogP contribution in [0.3, 0.4) is 0 Å². The molecule has 2 aromatic carbocycles. The molecule has 0 aromatic heterocycles. The molecule has 124 valence electrons. The summed E-state index contributed by atoms with van der Waals surface area (Å²) in [4.78, 5) is 25.8. The lowest BCUT2D eigenvalue weighted by atomic mass is 10.1. The van der Waals surface area contributed by atoms with Gasteiger partial charge in [0, 0.05) is 30.2 Å². The van der Waals surface area contributed by atoms with Crippen LogP contribution < -0.4 is 5.32 Å². The van der Waals surface area contributed by atoms with Crippen LogP contribution >= 0.6 is 11.6 Å². The molecule has 1 aliphatic heterocycles. The second kappa shape index (κ2) is 7.49. The monoisotopic (exact) mass is 342 g/mol. The zero-order valence-corrected chi connectivity index (χ0v) is 14.1. The Morgan fingerprint density at radius 3 is 2.75 bits per heavy atom. The van der Waals surface area contributed by atoms with E-state index in [-0.39, 0.29) is 18.2 Å². The Balaban J connectivity index is 1.62. The van der Waals surface area contributed by atoms with Gasteiger partial charge in [-0.05, 0) is 35.7 Å². The first-order valence-corrected chi connectivity index (χ1v) is 8.39. The Morgan fingerprint density at radius 1 is 1.17 bits per heavy atom. The third-order valence-corrected chi connectivity index (χ3v) is 4.43. The van der Waals surface area contributed by atoms with Gasteiger partial charge in [-0.1, -0.05) is 41.9 Å². The average molecular weight is 343 g/mol. The molecule has 1 heterocycles. The van der Waals surface area contributed by atoms with Crippen LogP contribution in [-0.2, 0) is 22.6 Å². The number of anilines is 1. The standard InChI is InChI=1S/C19H19ClN2O2/c20-17-8-2-1-6-15(17)12-18(23)21-16-7-3-5-14(11-16)13-22-10-4-9-19(22)24/h1-3,5-8,11H,4,9-10,12-13H2,(H,21,23). The van der Waals surface area contributed by atoms with Crippen molar-refractivity contribution < 1.29 is 9.59 Å². The number of nitrogens with one attached hydrogen (secondary N) is 1. The summed E-state index contributed by atoms with van der Waals surface area (Å²) >= 11 is 6.09. The van der Waals surface area contributed by atoms with Gasteiger partial charge >= 0.3 is 0 Å². The number of amides is 2. The highest BCUT2D eigenvalue weighted by molar-refractivity contribution is 6.31. The first-order valence-electron chi connectivity index (χ1n) is 8.02. The molecule has 0 saturated carbocycles. The summed E-state index contributed by atoms with van der Waals surface area (Å²) in [5.74, 6) is 0.0839. The summed E-state index contributed by atoms with van der Waals surface area (Å²) in [6, 6.07) is 14.9.